The monoisotopic (exact) mass is 438 g/mol. The number of ether oxygens (including phenoxy) is 2. The maximum Gasteiger partial charge on any atom is 0.254 e. The molecule has 0 atom stereocenters. The molecule has 0 radical (unpaired) electrons. The number of fused-ring (bicyclic) bond motifs is 1. The minimum Gasteiger partial charge on any atom is -0.378 e. The molecule has 1 aliphatic heterocycles. The van der Waals surface area contributed by atoms with E-state index in [1.54, 1.807) is 4.68 Å². The first-order chi connectivity index (χ1) is 14.9. The van der Waals surface area contributed by atoms with Crippen molar-refractivity contribution < 1.29 is 14.3 Å². The number of pyridine rings is 1. The Hall–Kier alpha value is -2.55. The summed E-state index contributed by atoms with van der Waals surface area (Å²) in [5, 5.41) is 5.46. The molecule has 1 fully saturated rings. The van der Waals surface area contributed by atoms with Gasteiger partial charge in [0.15, 0.2) is 5.65 Å². The zero-order valence-corrected chi connectivity index (χ0v) is 19.5. The highest BCUT2D eigenvalue weighted by molar-refractivity contribution is 6.76. The molecule has 3 heterocycles. The lowest BCUT2D eigenvalue weighted by Gasteiger charge is -2.27. The topological polar surface area (TPSA) is 69.5 Å². The molecular formula is C23H30N4O3Si. The van der Waals surface area contributed by atoms with Crippen LogP contribution in [-0.4, -0.2) is 66.6 Å². The second-order valence-electron chi connectivity index (χ2n) is 9.14. The summed E-state index contributed by atoms with van der Waals surface area (Å²) >= 11 is 0. The predicted molar refractivity (Wildman–Crippen MR) is 124 cm³/mol. The van der Waals surface area contributed by atoms with Crippen molar-refractivity contribution in [3.05, 3.63) is 48.3 Å². The molecule has 1 saturated heterocycles. The van der Waals surface area contributed by atoms with Crippen LogP contribution < -0.4 is 0 Å². The van der Waals surface area contributed by atoms with Gasteiger partial charge in [0.05, 0.1) is 13.2 Å². The van der Waals surface area contributed by atoms with Gasteiger partial charge in [-0.3, -0.25) is 4.79 Å². The minimum atomic E-state index is -1.10. The highest BCUT2D eigenvalue weighted by Crippen LogP contribution is 2.24. The molecule has 0 spiro atoms. The largest absolute Gasteiger partial charge is 0.378 e. The maximum atomic E-state index is 12.8. The lowest BCUT2D eigenvalue weighted by atomic mass is 10.0. The molecule has 1 aliphatic rings. The number of rotatable bonds is 7. The first-order valence-corrected chi connectivity index (χ1v) is 14.5. The molecule has 2 aromatic heterocycles. The van der Waals surface area contributed by atoms with Gasteiger partial charge in [-0.1, -0.05) is 31.8 Å². The third-order valence-corrected chi connectivity index (χ3v) is 7.07. The maximum absolute atomic E-state index is 12.8. The lowest BCUT2D eigenvalue weighted by Crippen LogP contribution is -2.40. The van der Waals surface area contributed by atoms with Gasteiger partial charge >= 0.3 is 0 Å². The molecule has 1 aromatic carbocycles. The fraction of sp³-hybridized carbons (Fsp3) is 0.435. The van der Waals surface area contributed by atoms with Crippen LogP contribution in [0.1, 0.15) is 10.4 Å². The van der Waals surface area contributed by atoms with E-state index in [0.717, 1.165) is 29.2 Å². The molecule has 164 valence electrons. The van der Waals surface area contributed by atoms with Crippen LogP contribution in [0, 0.1) is 0 Å². The summed E-state index contributed by atoms with van der Waals surface area (Å²) in [4.78, 5) is 19.2. The van der Waals surface area contributed by atoms with Gasteiger partial charge in [0.1, 0.15) is 6.73 Å². The first-order valence-electron chi connectivity index (χ1n) is 10.8. The number of hydrogen-bond donors (Lipinski definition) is 0. The molecular weight excluding hydrogens is 408 g/mol. The number of carbonyl (C=O) groups excluding carboxylic acids is 1. The zero-order valence-electron chi connectivity index (χ0n) is 18.5. The average Bonchev–Trinajstić information content (AvgIpc) is 3.18. The number of morpholine rings is 1. The van der Waals surface area contributed by atoms with Crippen molar-refractivity contribution in [1.82, 2.24) is 19.7 Å². The van der Waals surface area contributed by atoms with Gasteiger partial charge in [-0.2, -0.15) is 5.10 Å². The summed E-state index contributed by atoms with van der Waals surface area (Å²) in [5.41, 5.74) is 3.31. The lowest BCUT2D eigenvalue weighted by molar-refractivity contribution is 0.0303. The van der Waals surface area contributed by atoms with E-state index in [1.165, 1.54) is 0 Å². The van der Waals surface area contributed by atoms with E-state index in [9.17, 15) is 4.79 Å². The molecule has 0 aliphatic carbocycles. The Morgan fingerprint density at radius 1 is 1.16 bits per heavy atom. The fourth-order valence-electron chi connectivity index (χ4n) is 3.51. The number of hydrogen-bond acceptors (Lipinski definition) is 5. The molecule has 31 heavy (non-hydrogen) atoms. The van der Waals surface area contributed by atoms with Crippen LogP contribution in [-0.2, 0) is 16.2 Å². The quantitative estimate of drug-likeness (QED) is 0.414. The van der Waals surface area contributed by atoms with Crippen LogP contribution >= 0.6 is 0 Å². The second kappa shape index (κ2) is 9.29. The highest BCUT2D eigenvalue weighted by atomic mass is 28.3. The molecule has 7 nitrogen and oxygen atoms in total. The predicted octanol–water partition coefficient (Wildman–Crippen LogP) is 3.88. The van der Waals surface area contributed by atoms with Crippen LogP contribution in [0.25, 0.3) is 22.2 Å². The smallest absolute Gasteiger partial charge is 0.254 e. The van der Waals surface area contributed by atoms with Crippen molar-refractivity contribution in [3.63, 3.8) is 0 Å². The normalized spacial score (nSPS) is 14.9. The van der Waals surface area contributed by atoms with Crippen molar-refractivity contribution >= 4 is 25.0 Å². The summed E-state index contributed by atoms with van der Waals surface area (Å²) in [7, 11) is -1.10. The third-order valence-electron chi connectivity index (χ3n) is 5.37. The van der Waals surface area contributed by atoms with Crippen molar-refractivity contribution in [3.8, 4) is 11.1 Å². The van der Waals surface area contributed by atoms with Crippen LogP contribution in [0.15, 0.2) is 42.7 Å². The van der Waals surface area contributed by atoms with E-state index < -0.39 is 8.07 Å². The third kappa shape index (κ3) is 5.58. The van der Waals surface area contributed by atoms with Gasteiger partial charge in [-0.25, -0.2) is 9.67 Å². The number of carbonyl (C=O) groups is 1. The molecule has 0 unspecified atom stereocenters. The zero-order chi connectivity index (χ0) is 21.8. The molecule has 3 aromatic rings. The van der Waals surface area contributed by atoms with Crippen molar-refractivity contribution in [1.29, 1.82) is 0 Å². The Balaban J connectivity index is 1.47. The Morgan fingerprint density at radius 3 is 2.74 bits per heavy atom. The van der Waals surface area contributed by atoms with E-state index in [2.05, 4.69) is 35.8 Å². The van der Waals surface area contributed by atoms with Crippen LogP contribution in [0.3, 0.4) is 0 Å². The summed E-state index contributed by atoms with van der Waals surface area (Å²) < 4.78 is 12.9. The molecule has 0 saturated carbocycles. The number of aromatic nitrogens is 3. The van der Waals surface area contributed by atoms with Crippen molar-refractivity contribution in [2.75, 3.05) is 32.9 Å². The van der Waals surface area contributed by atoms with Gasteiger partial charge in [0.25, 0.3) is 5.91 Å². The second-order valence-corrected chi connectivity index (χ2v) is 14.8. The molecule has 4 rings (SSSR count). The Morgan fingerprint density at radius 2 is 1.97 bits per heavy atom. The first kappa shape index (κ1) is 21.7. The van der Waals surface area contributed by atoms with Crippen LogP contribution in [0.5, 0.6) is 0 Å². The standard InChI is InChI=1S/C23H30N4O3Si/c1-31(2,3)12-11-30-17-27-16-21-14-20(15-24-22(21)25-27)18-5-4-6-19(13-18)23(28)26-7-9-29-10-8-26/h4-6,13-16H,7-12,17H2,1-3H3. The SMILES string of the molecule is C[Si](C)(C)CCOCn1cc2cc(-c3cccc(C(=O)N4CCOCC4)c3)cnc2n1. The Bertz CT molecular complexity index is 1050. The van der Waals surface area contributed by atoms with E-state index in [-0.39, 0.29) is 5.91 Å². The summed E-state index contributed by atoms with van der Waals surface area (Å²) in [6.07, 6.45) is 3.77. The van der Waals surface area contributed by atoms with Gasteiger partial charge in [-0.05, 0) is 29.8 Å². The Labute approximate surface area is 184 Å². The van der Waals surface area contributed by atoms with Crippen LogP contribution in [0.4, 0.5) is 0 Å². The van der Waals surface area contributed by atoms with Gasteiger partial charge < -0.3 is 14.4 Å². The van der Waals surface area contributed by atoms with Gasteiger partial charge in [0.2, 0.25) is 0 Å². The number of benzene rings is 1. The van der Waals surface area contributed by atoms with E-state index in [4.69, 9.17) is 9.47 Å². The van der Waals surface area contributed by atoms with E-state index >= 15 is 0 Å². The minimum absolute atomic E-state index is 0.0440. The molecule has 8 heteroatoms. The average molecular weight is 439 g/mol. The molecule has 0 N–H and O–H groups in total. The molecule has 1 amide bonds. The molecule has 0 bridgehead atoms. The van der Waals surface area contributed by atoms with Gasteiger partial charge in [0, 0.05) is 56.7 Å². The summed E-state index contributed by atoms with van der Waals surface area (Å²) in [6.45, 7) is 10.7. The number of amides is 1. The van der Waals surface area contributed by atoms with Crippen molar-refractivity contribution in [2.45, 2.75) is 32.4 Å². The van der Waals surface area contributed by atoms with E-state index in [1.807, 2.05) is 41.6 Å². The van der Waals surface area contributed by atoms with Crippen LogP contribution in [0.2, 0.25) is 25.7 Å². The fourth-order valence-corrected chi connectivity index (χ4v) is 4.26. The Kier molecular flexibility index (Phi) is 6.50. The van der Waals surface area contributed by atoms with Gasteiger partial charge in [-0.15, -0.1) is 0 Å². The highest BCUT2D eigenvalue weighted by Gasteiger charge is 2.19. The van der Waals surface area contributed by atoms with E-state index in [0.29, 0.717) is 44.2 Å². The summed E-state index contributed by atoms with van der Waals surface area (Å²) in [5.74, 6) is 0.0440. The number of nitrogens with zero attached hydrogens (tertiary/aromatic N) is 4. The van der Waals surface area contributed by atoms with Crippen molar-refractivity contribution in [2.24, 2.45) is 0 Å². The summed E-state index contributed by atoms with van der Waals surface area (Å²) in [6, 6.07) is 10.9.